The number of rotatable bonds is 6. The minimum absolute atomic E-state index is 0.0473. The molecule has 2 aromatic carbocycles. The number of sulfone groups is 1. The number of nitrogens with zero attached hydrogens (tertiary/aromatic N) is 1. The van der Waals surface area contributed by atoms with Gasteiger partial charge in [0.1, 0.15) is 11.5 Å². The molecule has 6 heteroatoms. The SMILES string of the molecule is CC(C)CN(C(=O)c1cccc(Oc2ccccc2)c1)C1CCS(=O)(=O)C1. The van der Waals surface area contributed by atoms with Gasteiger partial charge >= 0.3 is 0 Å². The molecule has 1 atom stereocenters. The van der Waals surface area contributed by atoms with Crippen molar-refractivity contribution in [2.24, 2.45) is 5.92 Å². The molecule has 1 fully saturated rings. The molecule has 1 amide bonds. The molecule has 144 valence electrons. The molecule has 0 aromatic heterocycles. The Morgan fingerprint density at radius 1 is 1.11 bits per heavy atom. The smallest absolute Gasteiger partial charge is 0.254 e. The third kappa shape index (κ3) is 5.10. The molecule has 1 aliphatic rings. The highest BCUT2D eigenvalue weighted by Crippen LogP contribution is 2.25. The van der Waals surface area contributed by atoms with E-state index in [2.05, 4.69) is 0 Å². The predicted molar refractivity (Wildman–Crippen MR) is 106 cm³/mol. The van der Waals surface area contributed by atoms with Crippen LogP contribution in [0.1, 0.15) is 30.6 Å². The largest absolute Gasteiger partial charge is 0.457 e. The van der Waals surface area contributed by atoms with Gasteiger partial charge < -0.3 is 9.64 Å². The van der Waals surface area contributed by atoms with Gasteiger partial charge in [-0.1, -0.05) is 38.1 Å². The highest BCUT2D eigenvalue weighted by atomic mass is 32.2. The molecule has 2 aromatic rings. The Bertz CT molecular complexity index is 893. The Kier molecular flexibility index (Phi) is 5.85. The van der Waals surface area contributed by atoms with Crippen LogP contribution in [0.2, 0.25) is 0 Å². The topological polar surface area (TPSA) is 63.7 Å². The fraction of sp³-hybridized carbons (Fsp3) is 0.381. The van der Waals surface area contributed by atoms with Crippen molar-refractivity contribution in [3.63, 3.8) is 0 Å². The molecular formula is C21H25NO4S. The van der Waals surface area contributed by atoms with Gasteiger partial charge in [-0.2, -0.15) is 0 Å². The Morgan fingerprint density at radius 2 is 1.81 bits per heavy atom. The molecule has 0 N–H and O–H groups in total. The van der Waals surface area contributed by atoms with E-state index < -0.39 is 9.84 Å². The van der Waals surface area contributed by atoms with E-state index in [0.29, 0.717) is 30.0 Å². The lowest BCUT2D eigenvalue weighted by Gasteiger charge is -2.30. The van der Waals surface area contributed by atoms with Crippen molar-refractivity contribution in [1.29, 1.82) is 0 Å². The lowest BCUT2D eigenvalue weighted by atomic mass is 10.1. The zero-order chi connectivity index (χ0) is 19.4. The van der Waals surface area contributed by atoms with Gasteiger partial charge in [0, 0.05) is 18.2 Å². The van der Waals surface area contributed by atoms with E-state index in [1.165, 1.54) is 0 Å². The molecule has 0 saturated carbocycles. The van der Waals surface area contributed by atoms with Crippen LogP contribution in [0.5, 0.6) is 11.5 Å². The normalized spacial score (nSPS) is 18.4. The van der Waals surface area contributed by atoms with Crippen molar-refractivity contribution in [3.8, 4) is 11.5 Å². The molecule has 3 rings (SSSR count). The molecule has 0 aliphatic carbocycles. The van der Waals surface area contributed by atoms with Gasteiger partial charge in [0.2, 0.25) is 0 Å². The summed E-state index contributed by atoms with van der Waals surface area (Å²) in [4.78, 5) is 14.9. The number of benzene rings is 2. The summed E-state index contributed by atoms with van der Waals surface area (Å²) >= 11 is 0. The van der Waals surface area contributed by atoms with Crippen LogP contribution in [0.3, 0.4) is 0 Å². The van der Waals surface area contributed by atoms with E-state index in [9.17, 15) is 13.2 Å². The second-order valence-electron chi connectivity index (χ2n) is 7.35. The Hall–Kier alpha value is -2.34. The van der Waals surface area contributed by atoms with Crippen LogP contribution in [0.15, 0.2) is 54.6 Å². The second kappa shape index (κ2) is 8.13. The summed E-state index contributed by atoms with van der Waals surface area (Å²) in [5.74, 6) is 1.58. The molecular weight excluding hydrogens is 362 g/mol. The fourth-order valence-electron chi connectivity index (χ4n) is 3.30. The number of carbonyl (C=O) groups is 1. The molecule has 0 spiro atoms. The van der Waals surface area contributed by atoms with E-state index in [1.54, 1.807) is 29.2 Å². The van der Waals surface area contributed by atoms with Crippen LogP contribution >= 0.6 is 0 Å². The Balaban J connectivity index is 1.82. The highest BCUT2D eigenvalue weighted by Gasteiger charge is 2.35. The minimum atomic E-state index is -3.06. The molecule has 5 nitrogen and oxygen atoms in total. The molecule has 0 bridgehead atoms. The average Bonchev–Trinajstić information content (AvgIpc) is 3.00. The van der Waals surface area contributed by atoms with Crippen molar-refractivity contribution < 1.29 is 17.9 Å². The highest BCUT2D eigenvalue weighted by molar-refractivity contribution is 7.91. The number of hydrogen-bond acceptors (Lipinski definition) is 4. The summed E-state index contributed by atoms with van der Waals surface area (Å²) in [5.41, 5.74) is 0.508. The maximum Gasteiger partial charge on any atom is 0.254 e. The zero-order valence-electron chi connectivity index (χ0n) is 15.7. The lowest BCUT2D eigenvalue weighted by Crippen LogP contribution is -2.43. The van der Waals surface area contributed by atoms with Gasteiger partial charge in [0.05, 0.1) is 11.5 Å². The summed E-state index contributed by atoms with van der Waals surface area (Å²) in [6.45, 7) is 4.58. The van der Waals surface area contributed by atoms with E-state index in [4.69, 9.17) is 4.74 Å². The predicted octanol–water partition coefficient (Wildman–Crippen LogP) is 3.76. The molecule has 1 heterocycles. The van der Waals surface area contributed by atoms with Crippen molar-refractivity contribution in [3.05, 3.63) is 60.2 Å². The minimum Gasteiger partial charge on any atom is -0.457 e. The second-order valence-corrected chi connectivity index (χ2v) is 9.58. The number of ether oxygens (including phenoxy) is 1. The van der Waals surface area contributed by atoms with E-state index in [1.807, 2.05) is 44.2 Å². The molecule has 1 aliphatic heterocycles. The lowest BCUT2D eigenvalue weighted by molar-refractivity contribution is 0.0672. The molecule has 1 unspecified atom stereocenters. The van der Waals surface area contributed by atoms with Crippen molar-refractivity contribution in [1.82, 2.24) is 4.90 Å². The third-order valence-corrected chi connectivity index (χ3v) is 6.28. The van der Waals surface area contributed by atoms with Gasteiger partial charge in [-0.05, 0) is 42.7 Å². The van der Waals surface area contributed by atoms with Crippen LogP contribution in [-0.4, -0.2) is 43.3 Å². The van der Waals surface area contributed by atoms with Crippen LogP contribution < -0.4 is 4.74 Å². The zero-order valence-corrected chi connectivity index (χ0v) is 16.5. The molecule has 27 heavy (non-hydrogen) atoms. The first kappa shape index (κ1) is 19.4. The Morgan fingerprint density at radius 3 is 2.44 bits per heavy atom. The van der Waals surface area contributed by atoms with Crippen LogP contribution in [-0.2, 0) is 9.84 Å². The van der Waals surface area contributed by atoms with Crippen LogP contribution in [0.4, 0.5) is 0 Å². The number of carbonyl (C=O) groups excluding carboxylic acids is 1. The van der Waals surface area contributed by atoms with E-state index in [0.717, 1.165) is 0 Å². The van der Waals surface area contributed by atoms with E-state index in [-0.39, 0.29) is 29.4 Å². The van der Waals surface area contributed by atoms with Crippen LogP contribution in [0, 0.1) is 5.92 Å². The summed E-state index contributed by atoms with van der Waals surface area (Å²) < 4.78 is 29.6. The van der Waals surface area contributed by atoms with Gasteiger partial charge in [-0.25, -0.2) is 8.42 Å². The van der Waals surface area contributed by atoms with Crippen molar-refractivity contribution >= 4 is 15.7 Å². The number of para-hydroxylation sites is 1. The molecule has 1 saturated heterocycles. The van der Waals surface area contributed by atoms with Crippen LogP contribution in [0.25, 0.3) is 0 Å². The summed E-state index contributed by atoms with van der Waals surface area (Å²) in [5, 5.41) is 0. The number of amides is 1. The van der Waals surface area contributed by atoms with E-state index >= 15 is 0 Å². The van der Waals surface area contributed by atoms with Gasteiger partial charge in [0.25, 0.3) is 5.91 Å². The first-order valence-electron chi connectivity index (χ1n) is 9.18. The Labute approximate surface area is 160 Å². The summed E-state index contributed by atoms with van der Waals surface area (Å²) in [7, 11) is -3.06. The summed E-state index contributed by atoms with van der Waals surface area (Å²) in [6.07, 6.45) is 0.501. The number of hydrogen-bond donors (Lipinski definition) is 0. The maximum atomic E-state index is 13.2. The third-order valence-electron chi connectivity index (χ3n) is 4.53. The molecule has 0 radical (unpaired) electrons. The quantitative estimate of drug-likeness (QED) is 0.757. The average molecular weight is 388 g/mol. The standard InChI is InChI=1S/C21H25NO4S/c1-16(2)14-22(18-11-12-27(24,25)15-18)21(23)17-7-6-10-20(13-17)26-19-8-4-3-5-9-19/h3-10,13,16,18H,11-12,14-15H2,1-2H3. The first-order valence-corrected chi connectivity index (χ1v) is 11.0. The van der Waals surface area contributed by atoms with Crippen molar-refractivity contribution in [2.45, 2.75) is 26.3 Å². The van der Waals surface area contributed by atoms with Gasteiger partial charge in [0.15, 0.2) is 9.84 Å². The van der Waals surface area contributed by atoms with Gasteiger partial charge in [-0.3, -0.25) is 4.79 Å². The van der Waals surface area contributed by atoms with Crippen molar-refractivity contribution in [2.75, 3.05) is 18.1 Å². The first-order chi connectivity index (χ1) is 12.8. The summed E-state index contributed by atoms with van der Waals surface area (Å²) in [6, 6.07) is 16.2. The fourth-order valence-corrected chi connectivity index (χ4v) is 5.03. The maximum absolute atomic E-state index is 13.2. The monoisotopic (exact) mass is 387 g/mol. The van der Waals surface area contributed by atoms with Gasteiger partial charge in [-0.15, -0.1) is 0 Å².